The smallest absolute Gasteiger partial charge is 0.203 e. The largest absolute Gasteiger partial charge is 0.493 e. The van der Waals surface area contributed by atoms with E-state index in [1.165, 1.54) is 26.9 Å². The van der Waals surface area contributed by atoms with Crippen LogP contribution in [0.25, 0.3) is 0 Å². The molecular formula is C21H28ClNO4. The predicted octanol–water partition coefficient (Wildman–Crippen LogP) is 4.06. The lowest BCUT2D eigenvalue weighted by atomic mass is 9.98. The van der Waals surface area contributed by atoms with Crippen molar-refractivity contribution in [1.82, 2.24) is 0 Å². The molecule has 0 heterocycles. The van der Waals surface area contributed by atoms with Crippen LogP contribution in [0.5, 0.6) is 17.2 Å². The quantitative estimate of drug-likeness (QED) is 0.616. The molecule has 1 unspecified atom stereocenters. The number of carbonyl (C=O) groups excluding carboxylic acids is 1. The molecule has 0 aliphatic heterocycles. The maximum absolute atomic E-state index is 12.6. The van der Waals surface area contributed by atoms with E-state index in [1.807, 2.05) is 18.2 Å². The number of rotatable bonds is 10. The summed E-state index contributed by atoms with van der Waals surface area (Å²) in [6.07, 6.45) is 3.00. The molecule has 0 saturated heterocycles. The van der Waals surface area contributed by atoms with E-state index in [4.69, 9.17) is 19.9 Å². The van der Waals surface area contributed by atoms with E-state index in [0.717, 1.165) is 19.3 Å². The maximum atomic E-state index is 12.6. The highest BCUT2D eigenvalue weighted by molar-refractivity contribution is 5.97. The minimum atomic E-state index is -0.176. The molecule has 2 aromatic carbocycles. The van der Waals surface area contributed by atoms with Crippen LogP contribution in [0.4, 0.5) is 0 Å². The lowest BCUT2D eigenvalue weighted by Gasteiger charge is -2.15. The molecule has 5 nitrogen and oxygen atoms in total. The van der Waals surface area contributed by atoms with Gasteiger partial charge in [0.2, 0.25) is 5.75 Å². The first-order valence-corrected chi connectivity index (χ1v) is 8.71. The minimum Gasteiger partial charge on any atom is -0.493 e. The summed E-state index contributed by atoms with van der Waals surface area (Å²) >= 11 is 0. The normalized spacial score (nSPS) is 11.3. The number of ketones is 1. The molecule has 2 N–H and O–H groups in total. The van der Waals surface area contributed by atoms with Crippen molar-refractivity contribution in [2.75, 3.05) is 21.3 Å². The molecule has 2 rings (SSSR count). The molecule has 6 heteroatoms. The Morgan fingerprint density at radius 2 is 1.59 bits per heavy atom. The zero-order valence-corrected chi connectivity index (χ0v) is 16.9. The van der Waals surface area contributed by atoms with Gasteiger partial charge in [0.1, 0.15) is 0 Å². The van der Waals surface area contributed by atoms with Gasteiger partial charge in [-0.15, -0.1) is 12.4 Å². The van der Waals surface area contributed by atoms with E-state index in [9.17, 15) is 4.79 Å². The molecule has 0 fully saturated rings. The molecule has 148 valence electrons. The summed E-state index contributed by atoms with van der Waals surface area (Å²) in [5.41, 5.74) is 7.96. The van der Waals surface area contributed by atoms with Crippen molar-refractivity contribution >= 4 is 18.2 Å². The van der Waals surface area contributed by atoms with Crippen LogP contribution >= 0.6 is 12.4 Å². The number of methoxy groups -OCH3 is 3. The van der Waals surface area contributed by atoms with E-state index in [-0.39, 0.29) is 30.7 Å². The first-order chi connectivity index (χ1) is 12.6. The Hall–Kier alpha value is -2.24. The lowest BCUT2D eigenvalue weighted by Crippen LogP contribution is -2.24. The van der Waals surface area contributed by atoms with Crippen LogP contribution in [0.15, 0.2) is 42.5 Å². The maximum Gasteiger partial charge on any atom is 0.203 e. The predicted molar refractivity (Wildman–Crippen MR) is 110 cm³/mol. The first-order valence-electron chi connectivity index (χ1n) is 8.71. The Morgan fingerprint density at radius 3 is 2.11 bits per heavy atom. The standard InChI is InChI=1S/C21H27NO4.ClH/c1-24-19-12-16(13-20(25-2)21(19)26-3)18(23)14-17(22)11-7-10-15-8-5-4-6-9-15;/h4-6,8-9,12-13,17H,7,10-11,14,22H2,1-3H3;1H. The number of halogens is 1. The van der Waals surface area contributed by atoms with Gasteiger partial charge < -0.3 is 19.9 Å². The van der Waals surface area contributed by atoms with E-state index in [0.29, 0.717) is 22.8 Å². The molecule has 0 aliphatic rings. The van der Waals surface area contributed by atoms with Crippen molar-refractivity contribution in [2.24, 2.45) is 5.73 Å². The van der Waals surface area contributed by atoms with Crippen LogP contribution in [0, 0.1) is 0 Å². The van der Waals surface area contributed by atoms with Crippen molar-refractivity contribution < 1.29 is 19.0 Å². The topological polar surface area (TPSA) is 70.8 Å². The van der Waals surface area contributed by atoms with Crippen LogP contribution in [-0.2, 0) is 6.42 Å². The van der Waals surface area contributed by atoms with Crippen LogP contribution in [0.2, 0.25) is 0 Å². The van der Waals surface area contributed by atoms with Crippen molar-refractivity contribution in [3.05, 3.63) is 53.6 Å². The van der Waals surface area contributed by atoms with Gasteiger partial charge in [0.25, 0.3) is 0 Å². The summed E-state index contributed by atoms with van der Waals surface area (Å²) in [5.74, 6) is 1.37. The molecule has 0 radical (unpaired) electrons. The zero-order valence-electron chi connectivity index (χ0n) is 16.1. The third kappa shape index (κ3) is 6.45. The highest BCUT2D eigenvalue weighted by atomic mass is 35.5. The molecule has 0 bridgehead atoms. The fraction of sp³-hybridized carbons (Fsp3) is 0.381. The van der Waals surface area contributed by atoms with Gasteiger partial charge in [0.05, 0.1) is 21.3 Å². The molecule has 0 saturated carbocycles. The number of benzene rings is 2. The van der Waals surface area contributed by atoms with Gasteiger partial charge in [0, 0.05) is 18.0 Å². The highest BCUT2D eigenvalue weighted by Crippen LogP contribution is 2.38. The van der Waals surface area contributed by atoms with Crippen molar-refractivity contribution in [2.45, 2.75) is 31.7 Å². The van der Waals surface area contributed by atoms with Crippen molar-refractivity contribution in [1.29, 1.82) is 0 Å². The van der Waals surface area contributed by atoms with Gasteiger partial charge in [-0.25, -0.2) is 0 Å². The summed E-state index contributed by atoms with van der Waals surface area (Å²) in [7, 11) is 4.59. The third-order valence-corrected chi connectivity index (χ3v) is 4.32. The van der Waals surface area contributed by atoms with Gasteiger partial charge in [-0.05, 0) is 37.0 Å². The Kier molecular flexibility index (Phi) is 9.68. The Morgan fingerprint density at radius 1 is 1.00 bits per heavy atom. The molecule has 27 heavy (non-hydrogen) atoms. The van der Waals surface area contributed by atoms with E-state index in [1.54, 1.807) is 12.1 Å². The van der Waals surface area contributed by atoms with Gasteiger partial charge >= 0.3 is 0 Å². The number of carbonyl (C=O) groups is 1. The zero-order chi connectivity index (χ0) is 18.9. The van der Waals surface area contributed by atoms with E-state index >= 15 is 0 Å². The van der Waals surface area contributed by atoms with Gasteiger partial charge in [-0.1, -0.05) is 30.3 Å². The Bertz CT molecular complexity index is 696. The van der Waals surface area contributed by atoms with Gasteiger partial charge in [-0.2, -0.15) is 0 Å². The molecule has 1 atom stereocenters. The molecule has 0 aliphatic carbocycles. The first kappa shape index (κ1) is 22.8. The van der Waals surface area contributed by atoms with Gasteiger partial charge in [0.15, 0.2) is 17.3 Å². The average Bonchev–Trinajstić information content (AvgIpc) is 2.67. The summed E-state index contributed by atoms with van der Waals surface area (Å²) in [4.78, 5) is 12.6. The Labute approximate surface area is 167 Å². The number of Topliss-reactive ketones (excluding diaryl/α,β-unsaturated/α-hetero) is 1. The second kappa shape index (κ2) is 11.5. The fourth-order valence-electron chi connectivity index (χ4n) is 2.91. The van der Waals surface area contributed by atoms with E-state index < -0.39 is 0 Å². The van der Waals surface area contributed by atoms with Crippen LogP contribution in [0.3, 0.4) is 0 Å². The number of aryl methyl sites for hydroxylation is 1. The van der Waals surface area contributed by atoms with Gasteiger partial charge in [-0.3, -0.25) is 4.79 Å². The third-order valence-electron chi connectivity index (χ3n) is 4.32. The molecule has 0 spiro atoms. The second-order valence-electron chi connectivity index (χ2n) is 6.18. The number of ether oxygens (including phenoxy) is 3. The fourth-order valence-corrected chi connectivity index (χ4v) is 2.91. The molecule has 0 amide bonds. The van der Waals surface area contributed by atoms with Crippen LogP contribution < -0.4 is 19.9 Å². The highest BCUT2D eigenvalue weighted by Gasteiger charge is 2.18. The Balaban J connectivity index is 0.00000364. The number of hydrogen-bond donors (Lipinski definition) is 1. The van der Waals surface area contributed by atoms with E-state index in [2.05, 4.69) is 12.1 Å². The summed E-state index contributed by atoms with van der Waals surface area (Å²) in [6, 6.07) is 13.4. The molecular weight excluding hydrogens is 366 g/mol. The number of nitrogens with two attached hydrogens (primary N) is 1. The van der Waals surface area contributed by atoms with Crippen molar-refractivity contribution in [3.8, 4) is 17.2 Å². The average molecular weight is 394 g/mol. The van der Waals surface area contributed by atoms with Crippen LogP contribution in [0.1, 0.15) is 35.2 Å². The second-order valence-corrected chi connectivity index (χ2v) is 6.18. The minimum absolute atomic E-state index is 0. The molecule has 0 aromatic heterocycles. The SMILES string of the molecule is COc1cc(C(=O)CC(N)CCCc2ccccc2)cc(OC)c1OC.Cl. The summed E-state index contributed by atoms with van der Waals surface area (Å²) < 4.78 is 15.9. The lowest BCUT2D eigenvalue weighted by molar-refractivity contribution is 0.0972. The summed E-state index contributed by atoms with van der Waals surface area (Å²) in [6.45, 7) is 0. The molecule has 2 aromatic rings. The summed E-state index contributed by atoms with van der Waals surface area (Å²) in [5, 5.41) is 0. The van der Waals surface area contributed by atoms with Crippen molar-refractivity contribution in [3.63, 3.8) is 0 Å². The monoisotopic (exact) mass is 393 g/mol. The number of hydrogen-bond acceptors (Lipinski definition) is 5. The van der Waals surface area contributed by atoms with Crippen LogP contribution in [-0.4, -0.2) is 33.2 Å².